The summed E-state index contributed by atoms with van der Waals surface area (Å²) in [5, 5.41) is 0. The van der Waals surface area contributed by atoms with E-state index >= 15 is 0 Å². The molecule has 4 atom stereocenters. The van der Waals surface area contributed by atoms with Crippen molar-refractivity contribution in [3.63, 3.8) is 0 Å². The van der Waals surface area contributed by atoms with E-state index in [0.717, 1.165) is 19.3 Å². The molecule has 0 aromatic heterocycles. The Balaban J connectivity index is 2.05. The van der Waals surface area contributed by atoms with E-state index in [1.165, 1.54) is 6.42 Å². The topological polar surface area (TPSA) is 34.1 Å². The van der Waals surface area contributed by atoms with Crippen LogP contribution in [-0.2, 0) is 9.59 Å². The fourth-order valence-electron chi connectivity index (χ4n) is 6.12. The van der Waals surface area contributed by atoms with Crippen molar-refractivity contribution in [3.8, 4) is 0 Å². The summed E-state index contributed by atoms with van der Waals surface area (Å²) in [5.74, 6) is 1.74. The Morgan fingerprint density at radius 2 is 1.94 bits per heavy atom. The Labute approximate surface area is 110 Å². The molecule has 2 heteroatoms. The van der Waals surface area contributed by atoms with Crippen molar-refractivity contribution in [2.24, 2.45) is 28.1 Å². The highest BCUT2D eigenvalue weighted by molar-refractivity contribution is 5.91. The molecule has 0 aromatic rings. The second-order valence-electron chi connectivity index (χ2n) is 7.68. The maximum absolute atomic E-state index is 12.4. The smallest absolute Gasteiger partial charge is 0.139 e. The molecule has 3 aliphatic carbocycles. The van der Waals surface area contributed by atoms with Gasteiger partial charge in [0, 0.05) is 18.3 Å². The highest BCUT2D eigenvalue weighted by Crippen LogP contribution is 2.84. The minimum Gasteiger partial charge on any atom is -0.300 e. The van der Waals surface area contributed by atoms with Crippen molar-refractivity contribution in [2.45, 2.75) is 59.8 Å². The van der Waals surface area contributed by atoms with Gasteiger partial charge in [-0.05, 0) is 42.4 Å². The van der Waals surface area contributed by atoms with E-state index in [0.29, 0.717) is 29.8 Å². The molecule has 3 saturated carbocycles. The molecule has 1 spiro atoms. The number of carbonyl (C=O) groups is 2. The van der Waals surface area contributed by atoms with Gasteiger partial charge in [-0.15, -0.1) is 0 Å². The van der Waals surface area contributed by atoms with Gasteiger partial charge in [0.05, 0.1) is 0 Å². The number of Topliss-reactive ketones (excluding diaryl/α,β-unsaturated/α-hetero) is 2. The van der Waals surface area contributed by atoms with Gasteiger partial charge in [-0.3, -0.25) is 4.79 Å². The molecule has 100 valence electrons. The third kappa shape index (κ3) is 1.11. The Morgan fingerprint density at radius 3 is 2.56 bits per heavy atom. The minimum absolute atomic E-state index is 0.139. The normalized spacial score (nSPS) is 48.6. The Hall–Kier alpha value is -0.660. The molecule has 18 heavy (non-hydrogen) atoms. The molecule has 0 bridgehead atoms. The molecule has 3 fully saturated rings. The van der Waals surface area contributed by atoms with Gasteiger partial charge in [0.25, 0.3) is 0 Å². The summed E-state index contributed by atoms with van der Waals surface area (Å²) in [6.07, 6.45) is 4.84. The van der Waals surface area contributed by atoms with Crippen LogP contribution in [0.2, 0.25) is 0 Å². The van der Waals surface area contributed by atoms with Gasteiger partial charge in [-0.25, -0.2) is 0 Å². The highest BCUT2D eigenvalue weighted by atomic mass is 16.1. The van der Waals surface area contributed by atoms with E-state index < -0.39 is 0 Å². The molecular weight excluding hydrogens is 224 g/mol. The average Bonchev–Trinajstić information content (AvgIpc) is 2.75. The van der Waals surface area contributed by atoms with Crippen LogP contribution >= 0.6 is 0 Å². The van der Waals surface area contributed by atoms with E-state index in [1.807, 2.05) is 0 Å². The van der Waals surface area contributed by atoms with Crippen LogP contribution in [0.4, 0.5) is 0 Å². The summed E-state index contributed by atoms with van der Waals surface area (Å²) >= 11 is 0. The number of hydrogen-bond donors (Lipinski definition) is 0. The maximum atomic E-state index is 12.4. The van der Waals surface area contributed by atoms with Gasteiger partial charge >= 0.3 is 0 Å². The highest BCUT2D eigenvalue weighted by Gasteiger charge is 2.83. The first-order valence-corrected chi connectivity index (χ1v) is 7.30. The van der Waals surface area contributed by atoms with E-state index in [1.54, 1.807) is 6.92 Å². The lowest BCUT2D eigenvalue weighted by atomic mass is 9.53. The lowest BCUT2D eigenvalue weighted by Gasteiger charge is -2.50. The molecule has 0 aliphatic heterocycles. The van der Waals surface area contributed by atoms with E-state index in [-0.39, 0.29) is 16.2 Å². The largest absolute Gasteiger partial charge is 0.300 e. The minimum atomic E-state index is -0.139. The van der Waals surface area contributed by atoms with Gasteiger partial charge < -0.3 is 4.79 Å². The lowest BCUT2D eigenvalue weighted by molar-refractivity contribution is -0.137. The van der Waals surface area contributed by atoms with Crippen molar-refractivity contribution in [2.75, 3.05) is 0 Å². The van der Waals surface area contributed by atoms with Crippen LogP contribution in [0.1, 0.15) is 59.8 Å². The molecule has 3 aliphatic rings. The van der Waals surface area contributed by atoms with Crippen LogP contribution in [0.15, 0.2) is 0 Å². The second kappa shape index (κ2) is 3.26. The van der Waals surface area contributed by atoms with E-state index in [9.17, 15) is 9.59 Å². The molecule has 0 amide bonds. The predicted octanol–water partition coefficient (Wildman–Crippen LogP) is 3.39. The number of rotatable bonds is 2. The molecular formula is C16H24O2. The van der Waals surface area contributed by atoms with Crippen molar-refractivity contribution in [1.82, 2.24) is 0 Å². The molecule has 0 heterocycles. The summed E-state index contributed by atoms with van der Waals surface area (Å²) in [5.41, 5.74) is 0.220. The maximum Gasteiger partial charge on any atom is 0.139 e. The SMILES string of the molecule is CC(=O)C[C@@H]1[C@@H]2CC(=O)[C@@]3(C)CCCC(C)(C)C123. The number of carbonyl (C=O) groups excluding carboxylic acids is 2. The van der Waals surface area contributed by atoms with Gasteiger partial charge in [-0.1, -0.05) is 27.2 Å². The zero-order chi connectivity index (χ0) is 13.3. The number of hydrogen-bond acceptors (Lipinski definition) is 2. The Kier molecular flexibility index (Phi) is 2.24. The van der Waals surface area contributed by atoms with Gasteiger partial charge in [0.15, 0.2) is 0 Å². The molecule has 3 rings (SSSR count). The first kappa shape index (κ1) is 12.4. The number of ketones is 2. The van der Waals surface area contributed by atoms with Crippen LogP contribution in [0.25, 0.3) is 0 Å². The molecule has 2 nitrogen and oxygen atoms in total. The van der Waals surface area contributed by atoms with E-state index in [2.05, 4.69) is 20.8 Å². The van der Waals surface area contributed by atoms with Crippen LogP contribution in [-0.4, -0.2) is 11.6 Å². The molecule has 1 unspecified atom stereocenters. The van der Waals surface area contributed by atoms with Gasteiger partial charge in [0.1, 0.15) is 11.6 Å². The molecule has 0 radical (unpaired) electrons. The van der Waals surface area contributed by atoms with Crippen LogP contribution in [0.3, 0.4) is 0 Å². The Morgan fingerprint density at radius 1 is 1.28 bits per heavy atom. The summed E-state index contributed by atoms with van der Waals surface area (Å²) in [4.78, 5) is 23.9. The quantitative estimate of drug-likeness (QED) is 0.750. The van der Waals surface area contributed by atoms with Crippen LogP contribution < -0.4 is 0 Å². The summed E-state index contributed by atoms with van der Waals surface area (Å²) in [6.45, 7) is 8.54. The van der Waals surface area contributed by atoms with Gasteiger partial charge in [-0.2, -0.15) is 0 Å². The first-order valence-electron chi connectivity index (χ1n) is 7.30. The predicted molar refractivity (Wildman–Crippen MR) is 70.1 cm³/mol. The third-order valence-corrected chi connectivity index (χ3v) is 6.59. The monoisotopic (exact) mass is 248 g/mol. The van der Waals surface area contributed by atoms with E-state index in [4.69, 9.17) is 0 Å². The summed E-state index contributed by atoms with van der Waals surface area (Å²) < 4.78 is 0. The summed E-state index contributed by atoms with van der Waals surface area (Å²) in [7, 11) is 0. The summed E-state index contributed by atoms with van der Waals surface area (Å²) in [6, 6.07) is 0. The fourth-order valence-corrected chi connectivity index (χ4v) is 6.12. The zero-order valence-corrected chi connectivity index (χ0v) is 12.0. The third-order valence-electron chi connectivity index (χ3n) is 6.59. The standard InChI is InChI=1S/C16H24O2/c1-10(17)8-11-12-9-13(18)15(4)7-5-6-14(2,3)16(11,12)15/h11-12H,5-9H2,1-4H3/t11-,12+,15-,16?/m1/s1. The molecule has 0 N–H and O–H groups in total. The fraction of sp³-hybridized carbons (Fsp3) is 0.875. The second-order valence-corrected chi connectivity index (χ2v) is 7.68. The van der Waals surface area contributed by atoms with Crippen molar-refractivity contribution < 1.29 is 9.59 Å². The van der Waals surface area contributed by atoms with Gasteiger partial charge in [0.2, 0.25) is 0 Å². The average molecular weight is 248 g/mol. The van der Waals surface area contributed by atoms with Crippen LogP contribution in [0, 0.1) is 28.1 Å². The lowest BCUT2D eigenvalue weighted by Crippen LogP contribution is -2.47. The van der Waals surface area contributed by atoms with Crippen molar-refractivity contribution in [3.05, 3.63) is 0 Å². The van der Waals surface area contributed by atoms with Crippen molar-refractivity contribution in [1.29, 1.82) is 0 Å². The molecule has 0 aromatic carbocycles. The molecule has 0 saturated heterocycles. The van der Waals surface area contributed by atoms with Crippen LogP contribution in [0.5, 0.6) is 0 Å². The first-order chi connectivity index (χ1) is 8.27. The zero-order valence-electron chi connectivity index (χ0n) is 12.0. The van der Waals surface area contributed by atoms with Crippen molar-refractivity contribution >= 4 is 11.6 Å². The Bertz CT molecular complexity index is 436.